The molecule has 3 aromatic rings. The van der Waals surface area contributed by atoms with E-state index in [1.807, 2.05) is 62.4 Å². The molecule has 0 bridgehead atoms. The lowest BCUT2D eigenvalue weighted by atomic mass is 10.1. The number of aryl methyl sites for hydroxylation is 1. The lowest BCUT2D eigenvalue weighted by molar-refractivity contribution is -0.127. The van der Waals surface area contributed by atoms with Gasteiger partial charge in [0, 0.05) is 11.6 Å². The molecule has 0 spiro atoms. The van der Waals surface area contributed by atoms with Gasteiger partial charge in [-0.3, -0.25) is 4.79 Å². The molecule has 7 nitrogen and oxygen atoms in total. The number of rotatable bonds is 9. The number of nitrogens with zero attached hydrogens (tertiary/aromatic N) is 2. The zero-order chi connectivity index (χ0) is 22.2. The fraction of sp³-hybridized carbons (Fsp3) is 0.292. The van der Waals surface area contributed by atoms with E-state index in [4.69, 9.17) is 14.2 Å². The van der Waals surface area contributed by atoms with Crippen molar-refractivity contribution in [3.8, 4) is 28.6 Å². The van der Waals surface area contributed by atoms with Crippen LogP contribution in [-0.2, 0) is 4.79 Å². The lowest BCUT2D eigenvalue weighted by Gasteiger charge is -2.17. The molecule has 162 valence electrons. The van der Waals surface area contributed by atoms with Crippen molar-refractivity contribution in [1.82, 2.24) is 15.5 Å². The number of aromatic nitrogens is 2. The fourth-order valence-corrected chi connectivity index (χ4v) is 2.88. The van der Waals surface area contributed by atoms with Gasteiger partial charge in [0.1, 0.15) is 18.1 Å². The highest BCUT2D eigenvalue weighted by atomic mass is 16.5. The highest BCUT2D eigenvalue weighted by Crippen LogP contribution is 2.22. The zero-order valence-corrected chi connectivity index (χ0v) is 18.2. The van der Waals surface area contributed by atoms with Crippen LogP contribution in [0, 0.1) is 13.8 Å². The summed E-state index contributed by atoms with van der Waals surface area (Å²) in [7, 11) is 1.63. The van der Waals surface area contributed by atoms with Crippen molar-refractivity contribution in [2.45, 2.75) is 26.9 Å². The molecule has 3 rings (SSSR count). The third kappa shape index (κ3) is 5.94. The highest BCUT2D eigenvalue weighted by Gasteiger charge is 2.15. The van der Waals surface area contributed by atoms with E-state index in [-0.39, 0.29) is 12.5 Å². The molecule has 1 atom stereocenters. The average Bonchev–Trinajstić information content (AvgIpc) is 2.80. The molecule has 0 radical (unpaired) electrons. The highest BCUT2D eigenvalue weighted by molar-refractivity contribution is 5.80. The molecule has 1 N–H and O–H groups in total. The number of amides is 1. The van der Waals surface area contributed by atoms with Crippen molar-refractivity contribution in [2.75, 3.05) is 20.3 Å². The maximum Gasteiger partial charge on any atom is 0.260 e. The Kier molecular flexibility index (Phi) is 7.43. The average molecular weight is 421 g/mol. The molecular weight excluding hydrogens is 394 g/mol. The number of methoxy groups -OCH3 is 1. The van der Waals surface area contributed by atoms with E-state index in [0.29, 0.717) is 18.2 Å². The number of carbonyl (C=O) groups excluding carboxylic acids is 1. The number of ether oxygens (including phenoxy) is 3. The van der Waals surface area contributed by atoms with Crippen molar-refractivity contribution in [3.05, 3.63) is 65.7 Å². The van der Waals surface area contributed by atoms with Crippen LogP contribution in [0.15, 0.2) is 54.6 Å². The molecule has 0 saturated carbocycles. The van der Waals surface area contributed by atoms with E-state index in [1.54, 1.807) is 20.1 Å². The summed E-state index contributed by atoms with van der Waals surface area (Å²) in [6, 6.07) is 17.0. The van der Waals surface area contributed by atoms with Gasteiger partial charge < -0.3 is 19.5 Å². The van der Waals surface area contributed by atoms with Crippen molar-refractivity contribution in [2.24, 2.45) is 0 Å². The summed E-state index contributed by atoms with van der Waals surface area (Å²) in [6.45, 7) is 6.32. The second-order valence-electron chi connectivity index (χ2n) is 7.08. The minimum atomic E-state index is -0.607. The van der Waals surface area contributed by atoms with Gasteiger partial charge in [0.15, 0.2) is 6.10 Å². The van der Waals surface area contributed by atoms with Crippen molar-refractivity contribution in [1.29, 1.82) is 0 Å². The summed E-state index contributed by atoms with van der Waals surface area (Å²) >= 11 is 0. The number of carbonyl (C=O) groups is 1. The van der Waals surface area contributed by atoms with Gasteiger partial charge >= 0.3 is 0 Å². The Bertz CT molecular complexity index is 1000. The minimum Gasteiger partial charge on any atom is -0.497 e. The number of hydrogen-bond donors (Lipinski definition) is 1. The minimum absolute atomic E-state index is 0.203. The molecule has 0 aliphatic heterocycles. The number of benzene rings is 2. The monoisotopic (exact) mass is 421 g/mol. The zero-order valence-electron chi connectivity index (χ0n) is 18.2. The van der Waals surface area contributed by atoms with Gasteiger partial charge in [0.05, 0.1) is 19.3 Å². The summed E-state index contributed by atoms with van der Waals surface area (Å²) in [6.07, 6.45) is -0.607. The summed E-state index contributed by atoms with van der Waals surface area (Å²) < 4.78 is 16.5. The first-order valence-electron chi connectivity index (χ1n) is 10.1. The first-order valence-corrected chi connectivity index (χ1v) is 10.1. The van der Waals surface area contributed by atoms with E-state index < -0.39 is 6.10 Å². The Labute approximate surface area is 182 Å². The SMILES string of the molecule is COc1ccc(-c2ccc(OCCNC(=O)C(C)Oc3cccc(C)c3C)nn2)cc1. The summed E-state index contributed by atoms with van der Waals surface area (Å²) in [5, 5.41) is 11.1. The molecule has 31 heavy (non-hydrogen) atoms. The lowest BCUT2D eigenvalue weighted by Crippen LogP contribution is -2.38. The first kappa shape index (κ1) is 22.1. The maximum atomic E-state index is 12.3. The van der Waals surface area contributed by atoms with E-state index in [2.05, 4.69) is 15.5 Å². The quantitative estimate of drug-likeness (QED) is 0.530. The van der Waals surface area contributed by atoms with Crippen LogP contribution in [-0.4, -0.2) is 42.5 Å². The van der Waals surface area contributed by atoms with E-state index in [9.17, 15) is 4.79 Å². The molecule has 7 heteroatoms. The van der Waals surface area contributed by atoms with Crippen LogP contribution in [0.2, 0.25) is 0 Å². The van der Waals surface area contributed by atoms with Gasteiger partial charge in [-0.05, 0) is 68.3 Å². The summed E-state index contributed by atoms with van der Waals surface area (Å²) in [5.74, 6) is 1.69. The third-order valence-corrected chi connectivity index (χ3v) is 4.90. The standard InChI is InChI=1S/C24H27N3O4/c1-16-6-5-7-22(17(16)2)31-18(3)24(28)25-14-15-30-23-13-12-21(26-27-23)19-8-10-20(29-4)11-9-19/h5-13,18H,14-15H2,1-4H3,(H,25,28). The van der Waals surface area contributed by atoms with Crippen LogP contribution in [0.5, 0.6) is 17.4 Å². The molecule has 0 aliphatic rings. The van der Waals surface area contributed by atoms with Crippen molar-refractivity contribution < 1.29 is 19.0 Å². The van der Waals surface area contributed by atoms with Crippen molar-refractivity contribution >= 4 is 5.91 Å². The van der Waals surface area contributed by atoms with Crippen molar-refractivity contribution in [3.63, 3.8) is 0 Å². The maximum absolute atomic E-state index is 12.3. The molecule has 2 aromatic carbocycles. The largest absolute Gasteiger partial charge is 0.497 e. The first-order chi connectivity index (χ1) is 15.0. The molecule has 0 aliphatic carbocycles. The van der Waals surface area contributed by atoms with Gasteiger partial charge in [0.25, 0.3) is 5.91 Å². The molecule has 1 aromatic heterocycles. The molecule has 1 unspecified atom stereocenters. The van der Waals surface area contributed by atoms with Gasteiger partial charge in [-0.2, -0.15) is 0 Å². The van der Waals surface area contributed by atoms with Crippen LogP contribution >= 0.6 is 0 Å². The predicted molar refractivity (Wildman–Crippen MR) is 119 cm³/mol. The Morgan fingerprint density at radius 1 is 1.03 bits per heavy atom. The van der Waals surface area contributed by atoms with Crippen LogP contribution in [0.4, 0.5) is 0 Å². The third-order valence-electron chi connectivity index (χ3n) is 4.90. The smallest absolute Gasteiger partial charge is 0.260 e. The Morgan fingerprint density at radius 3 is 2.48 bits per heavy atom. The fourth-order valence-electron chi connectivity index (χ4n) is 2.88. The van der Waals surface area contributed by atoms with E-state index in [1.165, 1.54) is 0 Å². The Morgan fingerprint density at radius 2 is 1.81 bits per heavy atom. The Hall–Kier alpha value is -3.61. The van der Waals surface area contributed by atoms with Gasteiger partial charge in [-0.15, -0.1) is 10.2 Å². The van der Waals surface area contributed by atoms with Gasteiger partial charge in [-0.25, -0.2) is 0 Å². The number of nitrogens with one attached hydrogen (secondary N) is 1. The van der Waals surface area contributed by atoms with Gasteiger partial charge in [-0.1, -0.05) is 12.1 Å². The van der Waals surface area contributed by atoms with Crippen LogP contribution in [0.25, 0.3) is 11.3 Å². The van der Waals surface area contributed by atoms with E-state index >= 15 is 0 Å². The van der Waals surface area contributed by atoms with Crippen LogP contribution in [0.1, 0.15) is 18.1 Å². The second kappa shape index (κ2) is 10.4. The van der Waals surface area contributed by atoms with Gasteiger partial charge in [0.2, 0.25) is 5.88 Å². The number of hydrogen-bond acceptors (Lipinski definition) is 6. The summed E-state index contributed by atoms with van der Waals surface area (Å²) in [4.78, 5) is 12.3. The predicted octanol–water partition coefficient (Wildman–Crippen LogP) is 3.73. The Balaban J connectivity index is 1.43. The second-order valence-corrected chi connectivity index (χ2v) is 7.08. The summed E-state index contributed by atoms with van der Waals surface area (Å²) in [5.41, 5.74) is 3.82. The van der Waals surface area contributed by atoms with Crippen LogP contribution < -0.4 is 19.5 Å². The molecule has 0 fully saturated rings. The molecular formula is C24H27N3O4. The van der Waals surface area contributed by atoms with Crippen LogP contribution in [0.3, 0.4) is 0 Å². The molecule has 0 saturated heterocycles. The topological polar surface area (TPSA) is 82.6 Å². The van der Waals surface area contributed by atoms with E-state index in [0.717, 1.165) is 28.1 Å². The molecule has 1 amide bonds. The molecule has 1 heterocycles. The normalized spacial score (nSPS) is 11.5.